The summed E-state index contributed by atoms with van der Waals surface area (Å²) >= 11 is 0. The van der Waals surface area contributed by atoms with Crippen molar-refractivity contribution < 1.29 is 0 Å². The summed E-state index contributed by atoms with van der Waals surface area (Å²) in [5, 5.41) is 0. The molecule has 0 N–H and O–H groups in total. The fourth-order valence-corrected chi connectivity index (χ4v) is 1.11. The summed E-state index contributed by atoms with van der Waals surface area (Å²) in [5.74, 6) is 0. The zero-order chi connectivity index (χ0) is 6.81. The minimum atomic E-state index is 0.809. The predicted molar refractivity (Wildman–Crippen MR) is 40.1 cm³/mol. The largest absolute Gasteiger partial charge is 0.292 e. The Hall–Kier alpha value is -1.18. The molecule has 0 aliphatic carbocycles. The third-order valence-electron chi connectivity index (χ3n) is 1.66. The van der Waals surface area contributed by atoms with Crippen LogP contribution < -0.4 is 0 Å². The van der Waals surface area contributed by atoms with E-state index in [1.165, 1.54) is 11.3 Å². The molecule has 0 fully saturated rings. The molecule has 0 atom stereocenters. The molecule has 0 spiro atoms. The van der Waals surface area contributed by atoms with E-state index in [1.54, 1.807) is 0 Å². The number of aliphatic imine (C=N–C) groups is 1. The number of aromatic nitrogens is 1. The van der Waals surface area contributed by atoms with E-state index in [1.807, 2.05) is 18.5 Å². The summed E-state index contributed by atoms with van der Waals surface area (Å²) in [6.45, 7) is 0.809. The van der Waals surface area contributed by atoms with Gasteiger partial charge < -0.3 is 0 Å². The Balaban J connectivity index is 2.47. The van der Waals surface area contributed by atoms with Crippen molar-refractivity contribution in [2.45, 2.75) is 13.0 Å². The highest BCUT2D eigenvalue weighted by Gasteiger charge is 2.03. The van der Waals surface area contributed by atoms with Gasteiger partial charge in [-0.3, -0.25) is 9.98 Å². The van der Waals surface area contributed by atoms with Crippen LogP contribution in [0.1, 0.15) is 11.3 Å². The van der Waals surface area contributed by atoms with E-state index >= 15 is 0 Å². The summed E-state index contributed by atoms with van der Waals surface area (Å²) in [4.78, 5) is 8.38. The zero-order valence-electron chi connectivity index (χ0n) is 5.62. The van der Waals surface area contributed by atoms with Crippen molar-refractivity contribution in [2.24, 2.45) is 4.99 Å². The number of hydrogen-bond acceptors (Lipinski definition) is 2. The van der Waals surface area contributed by atoms with Crippen LogP contribution in [0.15, 0.2) is 23.3 Å². The molecule has 0 unspecified atom stereocenters. The summed E-state index contributed by atoms with van der Waals surface area (Å²) in [7, 11) is 0. The van der Waals surface area contributed by atoms with Crippen molar-refractivity contribution in [3.63, 3.8) is 0 Å². The lowest BCUT2D eigenvalue weighted by Gasteiger charge is -2.06. The van der Waals surface area contributed by atoms with E-state index in [0.29, 0.717) is 0 Å². The third-order valence-corrected chi connectivity index (χ3v) is 1.66. The molecule has 0 amide bonds. The topological polar surface area (TPSA) is 25.2 Å². The second-order valence-electron chi connectivity index (χ2n) is 2.34. The molecule has 2 rings (SSSR count). The highest BCUT2D eigenvalue weighted by atomic mass is 14.8. The minimum Gasteiger partial charge on any atom is -0.292 e. The van der Waals surface area contributed by atoms with Gasteiger partial charge in [-0.25, -0.2) is 0 Å². The predicted octanol–water partition coefficient (Wildman–Crippen LogP) is 1.21. The van der Waals surface area contributed by atoms with Gasteiger partial charge in [0.25, 0.3) is 0 Å². The van der Waals surface area contributed by atoms with Gasteiger partial charge in [-0.15, -0.1) is 0 Å². The summed E-state index contributed by atoms with van der Waals surface area (Å²) in [6, 6.07) is 4.04. The maximum Gasteiger partial charge on any atom is 0.0653 e. The molecule has 50 valence electrons. The molecule has 2 nitrogen and oxygen atoms in total. The molecule has 0 bridgehead atoms. The fraction of sp³-hybridized carbons (Fsp3) is 0.250. The van der Waals surface area contributed by atoms with Crippen LogP contribution in [-0.4, -0.2) is 11.2 Å². The molecule has 0 saturated carbocycles. The number of nitrogens with zero attached hydrogens (tertiary/aromatic N) is 2. The molecular formula is C8H8N2. The van der Waals surface area contributed by atoms with Gasteiger partial charge in [0.15, 0.2) is 0 Å². The molecule has 2 heterocycles. The van der Waals surface area contributed by atoms with Crippen LogP contribution in [0, 0.1) is 0 Å². The Labute approximate surface area is 59.6 Å². The molecular weight excluding hydrogens is 124 g/mol. The first-order valence-corrected chi connectivity index (χ1v) is 3.38. The number of pyridine rings is 1. The van der Waals surface area contributed by atoms with Gasteiger partial charge >= 0.3 is 0 Å². The van der Waals surface area contributed by atoms with Crippen molar-refractivity contribution >= 4 is 6.21 Å². The van der Waals surface area contributed by atoms with Crippen molar-refractivity contribution in [3.8, 4) is 0 Å². The van der Waals surface area contributed by atoms with Crippen LogP contribution >= 0.6 is 0 Å². The maximum absolute atomic E-state index is 4.23. The molecule has 0 aromatic carbocycles. The first-order chi connectivity index (χ1) is 4.97. The quantitative estimate of drug-likeness (QED) is 0.520. The van der Waals surface area contributed by atoms with Gasteiger partial charge in [0.1, 0.15) is 0 Å². The van der Waals surface area contributed by atoms with Crippen molar-refractivity contribution in [3.05, 3.63) is 29.6 Å². The van der Waals surface area contributed by atoms with Gasteiger partial charge in [0.2, 0.25) is 0 Å². The lowest BCUT2D eigenvalue weighted by molar-refractivity contribution is 0.957. The van der Waals surface area contributed by atoms with Gasteiger partial charge in [0, 0.05) is 18.8 Å². The van der Waals surface area contributed by atoms with Crippen LogP contribution in [0.25, 0.3) is 0 Å². The SMILES string of the molecule is C1=NCc2cccnc2C1. The summed E-state index contributed by atoms with van der Waals surface area (Å²) < 4.78 is 0. The highest BCUT2D eigenvalue weighted by molar-refractivity contribution is 5.63. The van der Waals surface area contributed by atoms with Crippen LogP contribution in [0.3, 0.4) is 0 Å². The second-order valence-corrected chi connectivity index (χ2v) is 2.34. The Morgan fingerprint density at radius 3 is 3.30 bits per heavy atom. The molecule has 1 aliphatic heterocycles. The average molecular weight is 132 g/mol. The van der Waals surface area contributed by atoms with Gasteiger partial charge in [-0.1, -0.05) is 6.07 Å². The monoisotopic (exact) mass is 132 g/mol. The third kappa shape index (κ3) is 0.817. The Bertz CT molecular complexity index is 239. The zero-order valence-corrected chi connectivity index (χ0v) is 5.62. The van der Waals surface area contributed by atoms with Gasteiger partial charge in [-0.2, -0.15) is 0 Å². The highest BCUT2D eigenvalue weighted by Crippen LogP contribution is 2.09. The van der Waals surface area contributed by atoms with Crippen LogP contribution in [0.2, 0.25) is 0 Å². The fourth-order valence-electron chi connectivity index (χ4n) is 1.11. The van der Waals surface area contributed by atoms with Crippen molar-refractivity contribution in [1.82, 2.24) is 4.98 Å². The maximum atomic E-state index is 4.23. The van der Waals surface area contributed by atoms with Crippen LogP contribution in [0.4, 0.5) is 0 Å². The van der Waals surface area contributed by atoms with Crippen molar-refractivity contribution in [1.29, 1.82) is 0 Å². The Morgan fingerprint density at radius 1 is 1.40 bits per heavy atom. The second kappa shape index (κ2) is 2.21. The van der Waals surface area contributed by atoms with E-state index in [0.717, 1.165) is 13.0 Å². The standard InChI is InChI=1S/C8H8N2/c1-2-7-6-9-5-3-8(7)10-4-1/h1-2,4-5H,3,6H2. The van der Waals surface area contributed by atoms with E-state index in [9.17, 15) is 0 Å². The molecule has 2 heteroatoms. The van der Waals surface area contributed by atoms with E-state index in [4.69, 9.17) is 0 Å². The molecule has 1 aromatic heterocycles. The smallest absolute Gasteiger partial charge is 0.0653 e. The summed E-state index contributed by atoms with van der Waals surface area (Å²) in [6.07, 6.45) is 4.66. The lowest BCUT2D eigenvalue weighted by Crippen LogP contribution is -2.02. The van der Waals surface area contributed by atoms with Crippen molar-refractivity contribution in [2.75, 3.05) is 0 Å². The first kappa shape index (κ1) is 5.59. The van der Waals surface area contributed by atoms with Gasteiger partial charge in [-0.05, 0) is 11.6 Å². The van der Waals surface area contributed by atoms with E-state index < -0.39 is 0 Å². The number of rotatable bonds is 0. The Morgan fingerprint density at radius 2 is 2.40 bits per heavy atom. The molecule has 0 saturated heterocycles. The van der Waals surface area contributed by atoms with E-state index in [-0.39, 0.29) is 0 Å². The van der Waals surface area contributed by atoms with Crippen LogP contribution in [0.5, 0.6) is 0 Å². The molecule has 10 heavy (non-hydrogen) atoms. The molecule has 1 aliphatic rings. The lowest BCUT2D eigenvalue weighted by atomic mass is 10.1. The van der Waals surface area contributed by atoms with Crippen LogP contribution in [-0.2, 0) is 13.0 Å². The van der Waals surface area contributed by atoms with Gasteiger partial charge in [0.05, 0.1) is 12.2 Å². The number of fused-ring (bicyclic) bond motifs is 1. The Kier molecular flexibility index (Phi) is 1.24. The average Bonchev–Trinajstić information content (AvgIpc) is 2.05. The molecule has 0 radical (unpaired) electrons. The minimum absolute atomic E-state index is 0.809. The first-order valence-electron chi connectivity index (χ1n) is 3.38. The van der Waals surface area contributed by atoms with E-state index in [2.05, 4.69) is 16.0 Å². The summed E-state index contributed by atoms with van der Waals surface area (Å²) in [5.41, 5.74) is 2.45. The number of hydrogen-bond donors (Lipinski definition) is 0. The molecule has 1 aromatic rings. The normalized spacial score (nSPS) is 14.8.